The summed E-state index contributed by atoms with van der Waals surface area (Å²) in [5, 5.41) is 3.38. The molecular weight excluding hydrogens is 389 g/mol. The largest absolute Gasteiger partial charge is 0.416 e. The van der Waals surface area contributed by atoms with Crippen LogP contribution in [0.15, 0.2) is 36.7 Å². The molecule has 0 aliphatic heterocycles. The van der Waals surface area contributed by atoms with E-state index in [4.69, 9.17) is 0 Å². The lowest BCUT2D eigenvalue weighted by atomic mass is 10.1. The highest BCUT2D eigenvalue weighted by Crippen LogP contribution is 2.32. The first-order valence-corrected chi connectivity index (χ1v) is 9.48. The van der Waals surface area contributed by atoms with Gasteiger partial charge in [0.05, 0.1) is 11.3 Å². The van der Waals surface area contributed by atoms with Gasteiger partial charge in [0.2, 0.25) is 0 Å². The highest BCUT2D eigenvalue weighted by atomic mass is 32.1. The molecule has 0 radical (unpaired) electrons. The number of carbonyl (C=O) groups is 1. The molecule has 2 heterocycles. The number of hydrogen-bond acceptors (Lipinski definition) is 4. The molecule has 5 nitrogen and oxygen atoms in total. The maximum Gasteiger partial charge on any atom is 0.416 e. The Balaban J connectivity index is 1.61. The van der Waals surface area contributed by atoms with Crippen LogP contribution < -0.4 is 5.32 Å². The molecule has 0 saturated carbocycles. The Morgan fingerprint density at radius 1 is 1.21 bits per heavy atom. The first-order chi connectivity index (χ1) is 13.3. The van der Waals surface area contributed by atoms with Gasteiger partial charge in [-0.2, -0.15) is 13.2 Å². The smallest absolute Gasteiger partial charge is 0.351 e. The quantitative estimate of drug-likeness (QED) is 0.613. The molecule has 0 saturated heterocycles. The Morgan fingerprint density at radius 3 is 2.54 bits per heavy atom. The minimum Gasteiger partial charge on any atom is -0.351 e. The monoisotopic (exact) mass is 408 g/mol. The molecule has 28 heavy (non-hydrogen) atoms. The van der Waals surface area contributed by atoms with Crippen LogP contribution in [0.1, 0.15) is 33.2 Å². The fraction of sp³-hybridized carbons (Fsp3) is 0.316. The number of imidazole rings is 1. The van der Waals surface area contributed by atoms with E-state index in [1.54, 1.807) is 13.1 Å². The lowest BCUT2D eigenvalue weighted by molar-refractivity contribution is -0.137. The van der Waals surface area contributed by atoms with Gasteiger partial charge in [-0.3, -0.25) is 4.79 Å². The second-order valence-electron chi connectivity index (χ2n) is 6.29. The second kappa shape index (κ2) is 8.14. The van der Waals surface area contributed by atoms with Crippen molar-refractivity contribution >= 4 is 17.2 Å². The van der Waals surface area contributed by atoms with Gasteiger partial charge in [-0.15, -0.1) is 11.3 Å². The summed E-state index contributed by atoms with van der Waals surface area (Å²) >= 11 is 1.17. The molecular formula is C19H19F3N4OS. The number of benzene rings is 1. The van der Waals surface area contributed by atoms with Crippen molar-refractivity contribution < 1.29 is 18.0 Å². The molecule has 0 aliphatic carbocycles. The SMILES string of the molecule is Cc1nc(-c2ccc(C(F)(F)F)cc2)sc1C(=O)NCCCn1ccnc1C. The van der Waals surface area contributed by atoms with Crippen molar-refractivity contribution in [1.82, 2.24) is 19.9 Å². The standard InChI is InChI=1S/C19H19F3N4OS/c1-12-16(17(27)24-8-3-10-26-11-9-23-13(26)2)28-18(25-12)14-4-6-15(7-5-14)19(20,21)22/h4-7,9,11H,3,8,10H2,1-2H3,(H,24,27). The van der Waals surface area contributed by atoms with Crippen molar-refractivity contribution in [2.75, 3.05) is 6.54 Å². The van der Waals surface area contributed by atoms with E-state index in [1.165, 1.54) is 23.5 Å². The number of nitrogens with one attached hydrogen (secondary N) is 1. The predicted molar refractivity (Wildman–Crippen MR) is 101 cm³/mol. The van der Waals surface area contributed by atoms with Crippen molar-refractivity contribution in [1.29, 1.82) is 0 Å². The molecule has 0 fully saturated rings. The maximum atomic E-state index is 12.7. The van der Waals surface area contributed by atoms with Gasteiger partial charge in [0.25, 0.3) is 5.91 Å². The van der Waals surface area contributed by atoms with Crippen LogP contribution >= 0.6 is 11.3 Å². The van der Waals surface area contributed by atoms with Crippen molar-refractivity contribution in [3.63, 3.8) is 0 Å². The van der Waals surface area contributed by atoms with Crippen LogP contribution in [0.2, 0.25) is 0 Å². The van der Waals surface area contributed by atoms with Gasteiger partial charge in [0, 0.05) is 31.0 Å². The van der Waals surface area contributed by atoms with Gasteiger partial charge in [-0.25, -0.2) is 9.97 Å². The maximum absolute atomic E-state index is 12.7. The molecule has 0 atom stereocenters. The van der Waals surface area contributed by atoms with E-state index in [9.17, 15) is 18.0 Å². The third-order valence-corrected chi connectivity index (χ3v) is 5.45. The lowest BCUT2D eigenvalue weighted by Gasteiger charge is -2.06. The zero-order valence-electron chi connectivity index (χ0n) is 15.4. The molecule has 1 N–H and O–H groups in total. The molecule has 0 bridgehead atoms. The molecule has 3 aromatic rings. The van der Waals surface area contributed by atoms with Crippen LogP contribution in [-0.2, 0) is 12.7 Å². The van der Waals surface area contributed by atoms with E-state index < -0.39 is 11.7 Å². The first kappa shape index (κ1) is 20.1. The van der Waals surface area contributed by atoms with Crippen LogP contribution in [0.3, 0.4) is 0 Å². The number of thiazole rings is 1. The number of hydrogen-bond donors (Lipinski definition) is 1. The second-order valence-corrected chi connectivity index (χ2v) is 7.29. The Morgan fingerprint density at radius 2 is 1.93 bits per heavy atom. The summed E-state index contributed by atoms with van der Waals surface area (Å²) in [6.07, 6.45) is 0.00236. The molecule has 1 amide bonds. The number of amides is 1. The number of carbonyl (C=O) groups excluding carboxylic acids is 1. The topological polar surface area (TPSA) is 59.8 Å². The van der Waals surface area contributed by atoms with Gasteiger partial charge >= 0.3 is 6.18 Å². The third-order valence-electron chi connectivity index (χ3n) is 4.25. The fourth-order valence-corrected chi connectivity index (χ4v) is 3.69. The molecule has 2 aromatic heterocycles. The van der Waals surface area contributed by atoms with Gasteiger partial charge in [0.1, 0.15) is 15.7 Å². The van der Waals surface area contributed by atoms with E-state index in [2.05, 4.69) is 15.3 Å². The summed E-state index contributed by atoms with van der Waals surface area (Å²) in [5.74, 6) is 0.696. The van der Waals surface area contributed by atoms with Crippen LogP contribution in [-0.4, -0.2) is 27.0 Å². The number of halogens is 3. The van der Waals surface area contributed by atoms with Crippen LogP contribution in [0.4, 0.5) is 13.2 Å². The van der Waals surface area contributed by atoms with E-state index in [-0.39, 0.29) is 5.91 Å². The molecule has 0 unspecified atom stereocenters. The van der Waals surface area contributed by atoms with E-state index in [0.717, 1.165) is 30.9 Å². The number of alkyl halides is 3. The van der Waals surface area contributed by atoms with Crippen molar-refractivity contribution in [2.24, 2.45) is 0 Å². The average molecular weight is 408 g/mol. The van der Waals surface area contributed by atoms with Crippen molar-refractivity contribution in [2.45, 2.75) is 33.0 Å². The van der Waals surface area contributed by atoms with Gasteiger partial charge in [-0.05, 0) is 32.4 Å². The molecule has 0 aliphatic rings. The summed E-state index contributed by atoms with van der Waals surface area (Å²) in [6, 6.07) is 4.78. The zero-order chi connectivity index (χ0) is 20.3. The Bertz CT molecular complexity index is 960. The number of aromatic nitrogens is 3. The number of nitrogens with zero attached hydrogens (tertiary/aromatic N) is 3. The first-order valence-electron chi connectivity index (χ1n) is 8.66. The highest BCUT2D eigenvalue weighted by molar-refractivity contribution is 7.17. The van der Waals surface area contributed by atoms with E-state index in [1.807, 2.05) is 17.7 Å². The van der Waals surface area contributed by atoms with Crippen LogP contribution in [0.25, 0.3) is 10.6 Å². The zero-order valence-corrected chi connectivity index (χ0v) is 16.2. The Hall–Kier alpha value is -2.68. The molecule has 1 aromatic carbocycles. The Kier molecular flexibility index (Phi) is 5.83. The normalized spacial score (nSPS) is 11.6. The number of rotatable bonds is 6. The third kappa shape index (κ3) is 4.59. The van der Waals surface area contributed by atoms with Crippen molar-refractivity contribution in [3.8, 4) is 10.6 Å². The van der Waals surface area contributed by atoms with Gasteiger partial charge in [-0.1, -0.05) is 12.1 Å². The highest BCUT2D eigenvalue weighted by Gasteiger charge is 2.30. The minimum absolute atomic E-state index is 0.226. The number of aryl methyl sites for hydroxylation is 3. The minimum atomic E-state index is -4.38. The van der Waals surface area contributed by atoms with Gasteiger partial charge in [0.15, 0.2) is 0 Å². The lowest BCUT2D eigenvalue weighted by Crippen LogP contribution is -2.25. The average Bonchev–Trinajstić information content (AvgIpc) is 3.23. The van der Waals surface area contributed by atoms with E-state index in [0.29, 0.717) is 27.7 Å². The van der Waals surface area contributed by atoms with Gasteiger partial charge < -0.3 is 9.88 Å². The molecule has 148 valence electrons. The van der Waals surface area contributed by atoms with Crippen LogP contribution in [0, 0.1) is 13.8 Å². The Labute approximate surface area is 164 Å². The van der Waals surface area contributed by atoms with Crippen molar-refractivity contribution in [3.05, 3.63) is 58.6 Å². The summed E-state index contributed by atoms with van der Waals surface area (Å²) in [7, 11) is 0. The molecule has 3 rings (SSSR count). The van der Waals surface area contributed by atoms with E-state index >= 15 is 0 Å². The summed E-state index contributed by atoms with van der Waals surface area (Å²) < 4.78 is 40.1. The molecule has 0 spiro atoms. The summed E-state index contributed by atoms with van der Waals surface area (Å²) in [6.45, 7) is 4.89. The summed E-state index contributed by atoms with van der Waals surface area (Å²) in [5.41, 5.74) is 0.397. The predicted octanol–water partition coefficient (Wildman–Crippen LogP) is 4.46. The fourth-order valence-electron chi connectivity index (χ4n) is 2.70. The molecule has 9 heteroatoms. The van der Waals surface area contributed by atoms with Crippen LogP contribution in [0.5, 0.6) is 0 Å². The summed E-state index contributed by atoms with van der Waals surface area (Å²) in [4.78, 5) is 21.4.